The molecule has 20 heavy (non-hydrogen) atoms. The molecule has 1 amide bonds. The second-order valence-electron chi connectivity index (χ2n) is 3.51. The van der Waals surface area contributed by atoms with Crippen LogP contribution in [0.4, 0.5) is 13.2 Å². The zero-order valence-corrected chi connectivity index (χ0v) is 12.6. The summed E-state index contributed by atoms with van der Waals surface area (Å²) in [5, 5.41) is 11.8. The lowest BCUT2D eigenvalue weighted by atomic mass is 10.3. The lowest BCUT2D eigenvalue weighted by Gasteiger charge is -2.03. The Kier molecular flexibility index (Phi) is 7.00. The standard InChI is InChI=1S/C10H13F3N2O2S3/c11-10(12,13)7-5-6(16)8(20-7)9(17)15-2-4-19-18-3-1-14/h5,16H,1-4,14H2,(H,15,17). The minimum Gasteiger partial charge on any atom is -0.506 e. The highest BCUT2D eigenvalue weighted by molar-refractivity contribution is 8.76. The Morgan fingerprint density at radius 3 is 2.60 bits per heavy atom. The van der Waals surface area contributed by atoms with Crippen LogP contribution < -0.4 is 11.1 Å². The predicted octanol–water partition coefficient (Wildman–Crippen LogP) is 2.54. The zero-order valence-electron chi connectivity index (χ0n) is 10.2. The van der Waals surface area contributed by atoms with E-state index in [1.54, 1.807) is 10.8 Å². The number of hydrogen-bond acceptors (Lipinski definition) is 6. The van der Waals surface area contributed by atoms with Gasteiger partial charge >= 0.3 is 6.18 Å². The molecule has 114 valence electrons. The normalized spacial score (nSPS) is 11.6. The lowest BCUT2D eigenvalue weighted by molar-refractivity contribution is -0.134. The van der Waals surface area contributed by atoms with Gasteiger partial charge < -0.3 is 16.2 Å². The van der Waals surface area contributed by atoms with Gasteiger partial charge in [-0.05, 0) is 0 Å². The number of carbonyl (C=O) groups excluding carboxylic acids is 1. The fourth-order valence-electron chi connectivity index (χ4n) is 1.14. The molecule has 0 aliphatic carbocycles. The van der Waals surface area contributed by atoms with E-state index >= 15 is 0 Å². The van der Waals surface area contributed by atoms with Crippen LogP contribution in [-0.2, 0) is 6.18 Å². The van der Waals surface area contributed by atoms with Crippen LogP contribution in [0.25, 0.3) is 0 Å². The maximum absolute atomic E-state index is 12.4. The van der Waals surface area contributed by atoms with Crippen molar-refractivity contribution in [1.29, 1.82) is 0 Å². The predicted molar refractivity (Wildman–Crippen MR) is 77.3 cm³/mol. The van der Waals surface area contributed by atoms with Gasteiger partial charge in [0, 0.05) is 30.7 Å². The number of aromatic hydroxyl groups is 1. The van der Waals surface area contributed by atoms with Gasteiger partial charge in [0.15, 0.2) is 0 Å². The van der Waals surface area contributed by atoms with Gasteiger partial charge in [-0.1, -0.05) is 21.6 Å². The third-order valence-electron chi connectivity index (χ3n) is 1.95. The molecule has 0 aromatic carbocycles. The second kappa shape index (κ2) is 8.01. The molecule has 0 spiro atoms. The van der Waals surface area contributed by atoms with E-state index in [0.29, 0.717) is 24.9 Å². The molecule has 0 unspecified atom stereocenters. The average molecular weight is 346 g/mol. The van der Waals surface area contributed by atoms with Crippen LogP contribution in [0.5, 0.6) is 5.75 Å². The van der Waals surface area contributed by atoms with Gasteiger partial charge in [-0.2, -0.15) is 13.2 Å². The molecule has 1 rings (SSSR count). The van der Waals surface area contributed by atoms with E-state index in [4.69, 9.17) is 5.73 Å². The van der Waals surface area contributed by atoms with Crippen molar-refractivity contribution in [3.63, 3.8) is 0 Å². The molecule has 1 heterocycles. The first-order valence-corrected chi connectivity index (χ1v) is 8.79. The maximum Gasteiger partial charge on any atom is 0.425 e. The van der Waals surface area contributed by atoms with Crippen molar-refractivity contribution < 1.29 is 23.1 Å². The van der Waals surface area contributed by atoms with Crippen molar-refractivity contribution in [3.8, 4) is 5.75 Å². The number of hydrogen-bond donors (Lipinski definition) is 3. The largest absolute Gasteiger partial charge is 0.506 e. The summed E-state index contributed by atoms with van der Waals surface area (Å²) >= 11 is 0.231. The van der Waals surface area contributed by atoms with Crippen molar-refractivity contribution in [3.05, 3.63) is 15.8 Å². The summed E-state index contributed by atoms with van der Waals surface area (Å²) in [6, 6.07) is 0.561. The molecule has 0 radical (unpaired) electrons. The van der Waals surface area contributed by atoms with Crippen molar-refractivity contribution in [2.75, 3.05) is 24.6 Å². The van der Waals surface area contributed by atoms with Gasteiger partial charge in [0.1, 0.15) is 15.5 Å². The molecule has 0 aliphatic rings. The smallest absolute Gasteiger partial charge is 0.425 e. The summed E-state index contributed by atoms with van der Waals surface area (Å²) in [5.41, 5.74) is 5.30. The molecule has 0 saturated carbocycles. The molecular formula is C10H13F3N2O2S3. The number of halogens is 3. The number of nitrogens with two attached hydrogens (primary N) is 1. The maximum atomic E-state index is 12.4. The molecule has 10 heteroatoms. The summed E-state index contributed by atoms with van der Waals surface area (Å²) in [4.78, 5) is 10.3. The number of nitrogens with one attached hydrogen (secondary N) is 1. The molecule has 0 bridgehead atoms. The van der Waals surface area contributed by atoms with E-state index in [0.717, 1.165) is 5.75 Å². The minimum atomic E-state index is -4.56. The third-order valence-corrected chi connectivity index (χ3v) is 5.56. The van der Waals surface area contributed by atoms with E-state index in [9.17, 15) is 23.1 Å². The van der Waals surface area contributed by atoms with Crippen LogP contribution >= 0.6 is 32.9 Å². The number of carbonyl (C=O) groups is 1. The molecule has 1 aromatic rings. The molecule has 0 atom stereocenters. The van der Waals surface area contributed by atoms with Gasteiger partial charge in [0.2, 0.25) is 0 Å². The quantitative estimate of drug-likeness (QED) is 0.523. The van der Waals surface area contributed by atoms with Crippen LogP contribution in [0.3, 0.4) is 0 Å². The SMILES string of the molecule is NCCSSCCNC(=O)c1sc(C(F)(F)F)cc1O. The Morgan fingerprint density at radius 1 is 1.40 bits per heavy atom. The van der Waals surface area contributed by atoms with Gasteiger partial charge in [0.05, 0.1) is 0 Å². The van der Waals surface area contributed by atoms with Gasteiger partial charge in [-0.25, -0.2) is 0 Å². The molecular weight excluding hydrogens is 333 g/mol. The summed E-state index contributed by atoms with van der Waals surface area (Å²) in [7, 11) is 3.07. The molecule has 0 fully saturated rings. The van der Waals surface area contributed by atoms with E-state index in [-0.39, 0.29) is 16.2 Å². The number of alkyl halides is 3. The Balaban J connectivity index is 2.46. The lowest BCUT2D eigenvalue weighted by Crippen LogP contribution is -2.24. The first-order chi connectivity index (χ1) is 9.36. The van der Waals surface area contributed by atoms with Crippen LogP contribution in [0.2, 0.25) is 0 Å². The van der Waals surface area contributed by atoms with Crippen molar-refractivity contribution in [2.45, 2.75) is 6.18 Å². The zero-order chi connectivity index (χ0) is 15.2. The number of thiophene rings is 1. The van der Waals surface area contributed by atoms with Gasteiger partial charge in [-0.15, -0.1) is 11.3 Å². The summed E-state index contributed by atoms with van der Waals surface area (Å²) in [5.74, 6) is 0.0471. The Bertz CT molecular complexity index is 451. The summed E-state index contributed by atoms with van der Waals surface area (Å²) < 4.78 is 37.3. The molecule has 1 aromatic heterocycles. The first-order valence-electron chi connectivity index (χ1n) is 5.49. The van der Waals surface area contributed by atoms with Crippen molar-refractivity contribution in [1.82, 2.24) is 5.32 Å². The van der Waals surface area contributed by atoms with Crippen molar-refractivity contribution >= 4 is 38.8 Å². The van der Waals surface area contributed by atoms with Gasteiger partial charge in [0.25, 0.3) is 5.91 Å². The molecule has 0 aliphatic heterocycles. The van der Waals surface area contributed by atoms with Crippen molar-refractivity contribution in [2.24, 2.45) is 5.73 Å². The van der Waals surface area contributed by atoms with E-state index < -0.39 is 22.7 Å². The third kappa shape index (κ3) is 5.43. The minimum absolute atomic E-state index is 0.231. The number of rotatable bonds is 7. The summed E-state index contributed by atoms with van der Waals surface area (Å²) in [6.45, 7) is 0.868. The average Bonchev–Trinajstić information content (AvgIpc) is 2.75. The highest BCUT2D eigenvalue weighted by Crippen LogP contribution is 2.39. The Hall–Kier alpha value is -0.580. The van der Waals surface area contributed by atoms with Crippen LogP contribution in [0, 0.1) is 0 Å². The highest BCUT2D eigenvalue weighted by Gasteiger charge is 2.35. The van der Waals surface area contributed by atoms with E-state index in [1.807, 2.05) is 0 Å². The summed E-state index contributed by atoms with van der Waals surface area (Å²) in [6.07, 6.45) is -4.56. The monoisotopic (exact) mass is 346 g/mol. The second-order valence-corrected chi connectivity index (χ2v) is 7.27. The first kappa shape index (κ1) is 17.5. The Labute approximate surface area is 125 Å². The van der Waals surface area contributed by atoms with Gasteiger partial charge in [-0.3, -0.25) is 4.79 Å². The fourth-order valence-corrected chi connectivity index (χ4v) is 3.73. The topological polar surface area (TPSA) is 75.3 Å². The Morgan fingerprint density at radius 2 is 2.05 bits per heavy atom. The van der Waals surface area contributed by atoms with Crippen LogP contribution in [0.15, 0.2) is 6.07 Å². The molecule has 4 nitrogen and oxygen atoms in total. The number of amides is 1. The molecule has 4 N–H and O–H groups in total. The fraction of sp³-hybridized carbons (Fsp3) is 0.500. The molecule has 0 saturated heterocycles. The van der Waals surface area contributed by atoms with Crippen LogP contribution in [-0.4, -0.2) is 35.6 Å². The van der Waals surface area contributed by atoms with E-state index in [1.165, 1.54) is 10.8 Å². The van der Waals surface area contributed by atoms with E-state index in [2.05, 4.69) is 5.32 Å². The van der Waals surface area contributed by atoms with Crippen LogP contribution in [0.1, 0.15) is 14.5 Å². The highest BCUT2D eigenvalue weighted by atomic mass is 33.1.